The largest absolute Gasteiger partial charge is 0.309 e. The lowest BCUT2D eigenvalue weighted by molar-refractivity contribution is 1.08. The molecule has 0 aliphatic rings. The number of para-hydroxylation sites is 1. The third-order valence-corrected chi connectivity index (χ3v) is 10.6. The molecule has 0 saturated carbocycles. The molecule has 0 fully saturated rings. The highest BCUT2D eigenvalue weighted by Crippen LogP contribution is 2.40. The topological polar surface area (TPSA) is 43.6 Å². The van der Waals surface area contributed by atoms with E-state index in [1.165, 1.54) is 32.3 Å². The van der Waals surface area contributed by atoms with Gasteiger partial charge >= 0.3 is 0 Å². The fourth-order valence-corrected chi connectivity index (χ4v) is 8.18. The Kier molecular flexibility index (Phi) is 6.52. The van der Waals surface area contributed by atoms with Gasteiger partial charge in [0.2, 0.25) is 0 Å². The van der Waals surface area contributed by atoms with Crippen LogP contribution in [0.1, 0.15) is 0 Å². The van der Waals surface area contributed by atoms with Crippen LogP contribution in [0.15, 0.2) is 182 Å². The van der Waals surface area contributed by atoms with Crippen molar-refractivity contribution in [3.05, 3.63) is 182 Å². The standard InChI is InChI=1S/C49H30N4/c1-2-15-32(16-3-1)47-50-48(52-49(51-47)42-29-34-18-5-7-19-36(34)39-22-10-11-23-40(39)42)35-28-33-17-6-8-20-37(33)45(30-35)53-43-25-13-12-24-41(43)46-38-21-9-4-14-31(38)26-27-44(46)53/h1-30H. The first kappa shape index (κ1) is 29.5. The quantitative estimate of drug-likeness (QED) is 0.175. The van der Waals surface area contributed by atoms with Gasteiger partial charge in [0.1, 0.15) is 0 Å². The first-order valence-electron chi connectivity index (χ1n) is 18.0. The van der Waals surface area contributed by atoms with Crippen molar-refractivity contribution >= 4 is 64.9 Å². The molecule has 0 N–H and O–H groups in total. The molecule has 4 heteroatoms. The van der Waals surface area contributed by atoms with Crippen LogP contribution < -0.4 is 0 Å². The van der Waals surface area contributed by atoms with Crippen molar-refractivity contribution in [2.24, 2.45) is 0 Å². The monoisotopic (exact) mass is 674 g/mol. The van der Waals surface area contributed by atoms with Crippen molar-refractivity contribution in [3.63, 3.8) is 0 Å². The first-order valence-corrected chi connectivity index (χ1v) is 18.0. The highest BCUT2D eigenvalue weighted by atomic mass is 15.0. The zero-order chi connectivity index (χ0) is 34.9. The molecule has 11 rings (SSSR count). The Morgan fingerprint density at radius 3 is 1.68 bits per heavy atom. The molecule has 0 bridgehead atoms. The van der Waals surface area contributed by atoms with Gasteiger partial charge in [0.25, 0.3) is 0 Å². The maximum atomic E-state index is 5.32. The van der Waals surface area contributed by atoms with E-state index < -0.39 is 0 Å². The molecule has 2 aromatic heterocycles. The van der Waals surface area contributed by atoms with Gasteiger partial charge in [-0.3, -0.25) is 0 Å². The molecule has 0 saturated heterocycles. The van der Waals surface area contributed by atoms with Crippen molar-refractivity contribution in [2.45, 2.75) is 0 Å². The molecule has 0 aliphatic carbocycles. The molecule has 9 aromatic carbocycles. The molecule has 0 unspecified atom stereocenters. The van der Waals surface area contributed by atoms with E-state index in [1.54, 1.807) is 0 Å². The van der Waals surface area contributed by atoms with Crippen LogP contribution in [0, 0.1) is 0 Å². The second kappa shape index (κ2) is 11.7. The summed E-state index contributed by atoms with van der Waals surface area (Å²) in [6.07, 6.45) is 0. The summed E-state index contributed by atoms with van der Waals surface area (Å²) in [4.78, 5) is 15.7. The Hall–Kier alpha value is -7.17. The number of benzene rings is 9. The summed E-state index contributed by atoms with van der Waals surface area (Å²) >= 11 is 0. The van der Waals surface area contributed by atoms with Gasteiger partial charge in [-0.25, -0.2) is 15.0 Å². The molecular weight excluding hydrogens is 645 g/mol. The minimum Gasteiger partial charge on any atom is -0.309 e. The minimum atomic E-state index is 0.629. The van der Waals surface area contributed by atoms with E-state index in [0.717, 1.165) is 55.0 Å². The molecule has 0 aliphatic heterocycles. The van der Waals surface area contributed by atoms with Gasteiger partial charge < -0.3 is 4.57 Å². The van der Waals surface area contributed by atoms with Crippen molar-refractivity contribution in [2.75, 3.05) is 0 Å². The summed E-state index contributed by atoms with van der Waals surface area (Å²) in [7, 11) is 0. The number of hydrogen-bond acceptors (Lipinski definition) is 3. The summed E-state index contributed by atoms with van der Waals surface area (Å²) in [5, 5.41) is 11.9. The van der Waals surface area contributed by atoms with Crippen LogP contribution in [0.25, 0.3) is 105 Å². The first-order chi connectivity index (χ1) is 26.3. The lowest BCUT2D eigenvalue weighted by Crippen LogP contribution is -2.02. The minimum absolute atomic E-state index is 0.629. The van der Waals surface area contributed by atoms with Gasteiger partial charge in [-0.2, -0.15) is 0 Å². The Labute approximate surface area is 305 Å². The fraction of sp³-hybridized carbons (Fsp3) is 0. The van der Waals surface area contributed by atoms with Gasteiger partial charge in [0.05, 0.1) is 16.7 Å². The Morgan fingerprint density at radius 2 is 0.887 bits per heavy atom. The molecule has 0 radical (unpaired) electrons. The SMILES string of the molecule is c1ccc(-c2nc(-c3cc(-n4c5ccccc5c5c6ccccc6ccc54)c4ccccc4c3)nc(-c3cc4ccccc4c4ccccc34)n2)cc1. The van der Waals surface area contributed by atoms with E-state index in [0.29, 0.717) is 17.5 Å². The van der Waals surface area contributed by atoms with E-state index >= 15 is 0 Å². The predicted molar refractivity (Wildman–Crippen MR) is 220 cm³/mol. The maximum Gasteiger partial charge on any atom is 0.164 e. The Morgan fingerprint density at radius 1 is 0.321 bits per heavy atom. The van der Waals surface area contributed by atoms with Crippen LogP contribution in [0.3, 0.4) is 0 Å². The molecule has 0 spiro atoms. The van der Waals surface area contributed by atoms with Crippen LogP contribution >= 0.6 is 0 Å². The van der Waals surface area contributed by atoms with Gasteiger partial charge in [-0.05, 0) is 68.0 Å². The van der Waals surface area contributed by atoms with Crippen LogP contribution in [0.5, 0.6) is 0 Å². The third kappa shape index (κ3) is 4.66. The molecule has 4 nitrogen and oxygen atoms in total. The highest BCUT2D eigenvalue weighted by molar-refractivity contribution is 6.22. The van der Waals surface area contributed by atoms with E-state index in [2.05, 4.69) is 168 Å². The normalized spacial score (nSPS) is 11.8. The third-order valence-electron chi connectivity index (χ3n) is 10.6. The lowest BCUT2D eigenvalue weighted by Gasteiger charge is -2.15. The van der Waals surface area contributed by atoms with E-state index in [4.69, 9.17) is 15.0 Å². The molecule has 11 aromatic rings. The fourth-order valence-electron chi connectivity index (χ4n) is 8.18. The van der Waals surface area contributed by atoms with Crippen molar-refractivity contribution in [1.29, 1.82) is 0 Å². The average Bonchev–Trinajstić information content (AvgIpc) is 3.58. The van der Waals surface area contributed by atoms with Crippen LogP contribution in [0.4, 0.5) is 0 Å². The van der Waals surface area contributed by atoms with Crippen LogP contribution in [0.2, 0.25) is 0 Å². The Balaban J connectivity index is 1.22. The molecular formula is C49H30N4. The smallest absolute Gasteiger partial charge is 0.164 e. The highest BCUT2D eigenvalue weighted by Gasteiger charge is 2.20. The number of hydrogen-bond donors (Lipinski definition) is 0. The van der Waals surface area contributed by atoms with Gasteiger partial charge in [0.15, 0.2) is 17.5 Å². The van der Waals surface area contributed by atoms with Gasteiger partial charge in [-0.1, -0.05) is 152 Å². The van der Waals surface area contributed by atoms with Crippen molar-refractivity contribution < 1.29 is 0 Å². The van der Waals surface area contributed by atoms with Crippen LogP contribution in [-0.4, -0.2) is 19.5 Å². The van der Waals surface area contributed by atoms with Crippen molar-refractivity contribution in [3.8, 4) is 39.9 Å². The summed E-state index contributed by atoms with van der Waals surface area (Å²) in [5.74, 6) is 1.92. The Bertz CT molecular complexity index is 3230. The van der Waals surface area contributed by atoms with E-state index in [-0.39, 0.29) is 0 Å². The predicted octanol–water partition coefficient (Wildman–Crippen LogP) is 12.6. The summed E-state index contributed by atoms with van der Waals surface area (Å²) in [6.45, 7) is 0. The lowest BCUT2D eigenvalue weighted by atomic mass is 9.97. The number of rotatable bonds is 4. The molecule has 2 heterocycles. The summed E-state index contributed by atoms with van der Waals surface area (Å²) in [6, 6.07) is 64.5. The second-order valence-electron chi connectivity index (χ2n) is 13.6. The number of aromatic nitrogens is 4. The molecule has 0 atom stereocenters. The van der Waals surface area contributed by atoms with Gasteiger partial charge in [0, 0.05) is 32.8 Å². The molecule has 0 amide bonds. The second-order valence-corrected chi connectivity index (χ2v) is 13.6. The van der Waals surface area contributed by atoms with Crippen LogP contribution in [-0.2, 0) is 0 Å². The maximum absolute atomic E-state index is 5.32. The summed E-state index contributed by atoms with van der Waals surface area (Å²) in [5.41, 5.74) is 6.25. The van der Waals surface area contributed by atoms with Gasteiger partial charge in [-0.15, -0.1) is 0 Å². The molecule has 53 heavy (non-hydrogen) atoms. The van der Waals surface area contributed by atoms with Crippen molar-refractivity contribution in [1.82, 2.24) is 19.5 Å². The average molecular weight is 675 g/mol. The van der Waals surface area contributed by atoms with E-state index in [9.17, 15) is 0 Å². The zero-order valence-electron chi connectivity index (χ0n) is 28.6. The molecule has 246 valence electrons. The summed E-state index contributed by atoms with van der Waals surface area (Å²) < 4.78 is 2.42. The zero-order valence-corrected chi connectivity index (χ0v) is 28.6. The number of nitrogens with zero attached hydrogens (tertiary/aromatic N) is 4. The number of fused-ring (bicyclic) bond motifs is 9. The van der Waals surface area contributed by atoms with E-state index in [1.807, 2.05) is 18.2 Å².